The van der Waals surface area contributed by atoms with E-state index < -0.39 is 0 Å². The van der Waals surface area contributed by atoms with E-state index in [9.17, 15) is 9.59 Å². The first-order valence-corrected chi connectivity index (χ1v) is 8.43. The van der Waals surface area contributed by atoms with E-state index in [1.165, 1.54) is 0 Å². The summed E-state index contributed by atoms with van der Waals surface area (Å²) in [5, 5.41) is 1.31. The second kappa shape index (κ2) is 6.15. The Labute approximate surface area is 150 Å². The van der Waals surface area contributed by atoms with Crippen LogP contribution < -0.4 is 10.3 Å². The number of benzene rings is 3. The van der Waals surface area contributed by atoms with Crippen molar-refractivity contribution in [2.45, 2.75) is 6.92 Å². The lowest BCUT2D eigenvalue weighted by molar-refractivity contribution is 0.112. The number of rotatable bonds is 3. The Morgan fingerprint density at radius 1 is 0.885 bits per heavy atom. The summed E-state index contributed by atoms with van der Waals surface area (Å²) in [6.45, 7) is 2.00. The molecule has 0 aliphatic carbocycles. The minimum atomic E-state index is 0.00710. The predicted molar refractivity (Wildman–Crippen MR) is 107 cm³/mol. The highest BCUT2D eigenvalue weighted by molar-refractivity contribution is 5.96. The van der Waals surface area contributed by atoms with Crippen LogP contribution in [0.3, 0.4) is 0 Å². The van der Waals surface area contributed by atoms with Gasteiger partial charge in [-0.25, -0.2) is 0 Å². The molecule has 0 radical (unpaired) electrons. The monoisotopic (exact) mass is 342 g/mol. The lowest BCUT2D eigenvalue weighted by Crippen LogP contribution is -2.14. The molecule has 26 heavy (non-hydrogen) atoms. The Bertz CT molecular complexity index is 1210. The average molecular weight is 342 g/mol. The number of hydrogen-bond acceptors (Lipinski definition) is 3. The molecule has 0 saturated heterocycles. The highest BCUT2D eigenvalue weighted by atomic mass is 16.1. The van der Waals surface area contributed by atoms with Crippen LogP contribution in [0, 0.1) is 6.92 Å². The van der Waals surface area contributed by atoms with E-state index in [2.05, 4.69) is 4.98 Å². The van der Waals surface area contributed by atoms with Crippen LogP contribution in [-0.4, -0.2) is 18.3 Å². The molecular weight excluding hydrogens is 324 g/mol. The fourth-order valence-corrected chi connectivity index (χ4v) is 3.45. The van der Waals surface area contributed by atoms with Crippen molar-refractivity contribution in [2.75, 3.05) is 11.9 Å². The van der Waals surface area contributed by atoms with E-state index >= 15 is 0 Å². The van der Waals surface area contributed by atoms with Crippen LogP contribution in [0.25, 0.3) is 21.8 Å². The number of para-hydroxylation sites is 2. The number of fused-ring (bicyclic) bond motifs is 2. The molecule has 1 aromatic heterocycles. The van der Waals surface area contributed by atoms with Crippen molar-refractivity contribution in [3.63, 3.8) is 0 Å². The summed E-state index contributed by atoms with van der Waals surface area (Å²) >= 11 is 0. The summed E-state index contributed by atoms with van der Waals surface area (Å²) in [5.41, 5.74) is 4.99. The third kappa shape index (κ3) is 2.47. The number of pyridine rings is 1. The molecule has 0 aliphatic rings. The summed E-state index contributed by atoms with van der Waals surface area (Å²) in [4.78, 5) is 29.6. The number of aromatic nitrogens is 1. The first-order chi connectivity index (χ1) is 12.6. The zero-order chi connectivity index (χ0) is 18.3. The highest BCUT2D eigenvalue weighted by Crippen LogP contribution is 2.31. The van der Waals surface area contributed by atoms with Crippen LogP contribution >= 0.6 is 0 Å². The number of anilines is 2. The zero-order valence-electron chi connectivity index (χ0n) is 14.6. The molecule has 4 nitrogen and oxygen atoms in total. The lowest BCUT2D eigenvalue weighted by Gasteiger charge is -2.23. The lowest BCUT2D eigenvalue weighted by atomic mass is 10.0. The molecule has 3 aromatic carbocycles. The molecule has 4 rings (SSSR count). The minimum absolute atomic E-state index is 0.00710. The standard InChI is InChI=1S/C22H18N2O2/c1-14-11-19-17(22(26)16-8-4-5-9-18(16)23-19)12-21(14)24(2)20-10-6-3-7-15(20)13-25/h3-13H,1-2H3,(H,23,26). The maximum Gasteiger partial charge on any atom is 0.197 e. The first-order valence-electron chi connectivity index (χ1n) is 8.43. The summed E-state index contributed by atoms with van der Waals surface area (Å²) < 4.78 is 0. The number of aryl methyl sites for hydroxylation is 1. The number of nitrogens with one attached hydrogen (secondary N) is 1. The molecule has 0 aliphatic heterocycles. The van der Waals surface area contributed by atoms with E-state index in [0.29, 0.717) is 16.3 Å². The van der Waals surface area contributed by atoms with Crippen LogP contribution in [0.15, 0.2) is 65.5 Å². The maximum absolute atomic E-state index is 12.9. The van der Waals surface area contributed by atoms with Crippen molar-refractivity contribution in [3.8, 4) is 0 Å². The van der Waals surface area contributed by atoms with Crippen LogP contribution in [0.5, 0.6) is 0 Å². The van der Waals surface area contributed by atoms with E-state index in [1.54, 1.807) is 6.07 Å². The number of carbonyl (C=O) groups excluding carboxylic acids is 1. The largest absolute Gasteiger partial charge is 0.354 e. The van der Waals surface area contributed by atoms with Gasteiger partial charge in [0.15, 0.2) is 11.7 Å². The average Bonchev–Trinajstić information content (AvgIpc) is 2.67. The molecule has 4 aromatic rings. The van der Waals surface area contributed by atoms with Crippen molar-refractivity contribution in [3.05, 3.63) is 82.0 Å². The van der Waals surface area contributed by atoms with Crippen LogP contribution in [0.2, 0.25) is 0 Å². The molecule has 128 valence electrons. The maximum atomic E-state index is 12.9. The van der Waals surface area contributed by atoms with Gasteiger partial charge in [-0.05, 0) is 48.9 Å². The van der Waals surface area contributed by atoms with Crippen molar-refractivity contribution in [1.29, 1.82) is 0 Å². The van der Waals surface area contributed by atoms with Crippen molar-refractivity contribution in [2.24, 2.45) is 0 Å². The molecule has 0 amide bonds. The molecule has 0 fully saturated rings. The summed E-state index contributed by atoms with van der Waals surface area (Å²) in [6, 6.07) is 18.8. The molecular formula is C22H18N2O2. The Morgan fingerprint density at radius 2 is 1.62 bits per heavy atom. The molecule has 0 unspecified atom stereocenters. The molecule has 0 spiro atoms. The Balaban J connectivity index is 1.97. The van der Waals surface area contributed by atoms with Gasteiger partial charge in [-0.15, -0.1) is 0 Å². The molecule has 1 N–H and O–H groups in total. The van der Waals surface area contributed by atoms with E-state index in [1.807, 2.05) is 73.5 Å². The topological polar surface area (TPSA) is 53.2 Å². The zero-order valence-corrected chi connectivity index (χ0v) is 14.6. The fraction of sp³-hybridized carbons (Fsp3) is 0.0909. The quantitative estimate of drug-likeness (QED) is 0.438. The van der Waals surface area contributed by atoms with Gasteiger partial charge in [0.25, 0.3) is 0 Å². The van der Waals surface area contributed by atoms with Crippen LogP contribution in [0.1, 0.15) is 15.9 Å². The number of aldehydes is 1. The van der Waals surface area contributed by atoms with Gasteiger partial charge >= 0.3 is 0 Å². The SMILES string of the molecule is Cc1cc2[nH]c3ccccc3c(=O)c2cc1N(C)c1ccccc1C=O. The highest BCUT2D eigenvalue weighted by Gasteiger charge is 2.14. The van der Waals surface area contributed by atoms with Crippen LogP contribution in [-0.2, 0) is 0 Å². The van der Waals surface area contributed by atoms with Gasteiger partial charge in [0, 0.05) is 34.6 Å². The Kier molecular flexibility index (Phi) is 3.81. The predicted octanol–water partition coefficient (Wildman–Crippen LogP) is 4.57. The third-order valence-corrected chi connectivity index (χ3v) is 4.81. The van der Waals surface area contributed by atoms with Crippen molar-refractivity contribution >= 4 is 39.5 Å². The summed E-state index contributed by atoms with van der Waals surface area (Å²) in [6.07, 6.45) is 0.850. The number of hydrogen-bond donors (Lipinski definition) is 1. The van der Waals surface area contributed by atoms with Gasteiger partial charge in [0.1, 0.15) is 0 Å². The fourth-order valence-electron chi connectivity index (χ4n) is 3.45. The second-order valence-corrected chi connectivity index (χ2v) is 6.42. The normalized spacial score (nSPS) is 11.0. The molecule has 0 saturated carbocycles. The molecule has 0 atom stereocenters. The Hall–Kier alpha value is -3.40. The Morgan fingerprint density at radius 3 is 2.42 bits per heavy atom. The van der Waals surface area contributed by atoms with Gasteiger partial charge in [-0.1, -0.05) is 24.3 Å². The first kappa shape index (κ1) is 16.1. The number of nitrogens with zero attached hydrogens (tertiary/aromatic N) is 1. The number of H-pyrrole nitrogens is 1. The van der Waals surface area contributed by atoms with Gasteiger partial charge < -0.3 is 9.88 Å². The van der Waals surface area contributed by atoms with E-state index in [4.69, 9.17) is 0 Å². The molecule has 1 heterocycles. The molecule has 4 heteroatoms. The second-order valence-electron chi connectivity index (χ2n) is 6.42. The van der Waals surface area contributed by atoms with E-state index in [-0.39, 0.29) is 5.43 Å². The number of aromatic amines is 1. The van der Waals surface area contributed by atoms with Gasteiger partial charge in [0.05, 0.1) is 11.2 Å². The van der Waals surface area contributed by atoms with Gasteiger partial charge in [0.2, 0.25) is 0 Å². The smallest absolute Gasteiger partial charge is 0.197 e. The molecule has 0 bridgehead atoms. The van der Waals surface area contributed by atoms with Gasteiger partial charge in [-0.3, -0.25) is 9.59 Å². The van der Waals surface area contributed by atoms with Gasteiger partial charge in [-0.2, -0.15) is 0 Å². The van der Waals surface area contributed by atoms with E-state index in [0.717, 1.165) is 34.3 Å². The minimum Gasteiger partial charge on any atom is -0.354 e. The van der Waals surface area contributed by atoms with Crippen molar-refractivity contribution in [1.82, 2.24) is 4.98 Å². The summed E-state index contributed by atoms with van der Waals surface area (Å²) in [7, 11) is 1.91. The third-order valence-electron chi connectivity index (χ3n) is 4.81. The van der Waals surface area contributed by atoms with Crippen LogP contribution in [0.4, 0.5) is 11.4 Å². The van der Waals surface area contributed by atoms with Crippen molar-refractivity contribution < 1.29 is 4.79 Å². The summed E-state index contributed by atoms with van der Waals surface area (Å²) in [5.74, 6) is 0. The number of carbonyl (C=O) groups is 1.